The van der Waals surface area contributed by atoms with E-state index in [0.717, 1.165) is 30.6 Å². The van der Waals surface area contributed by atoms with E-state index in [1.165, 1.54) is 0 Å². The highest BCUT2D eigenvalue weighted by Gasteiger charge is 2.23. The number of likely N-dealkylation sites (tertiary alicyclic amines) is 1. The maximum Gasteiger partial charge on any atom is 0.253 e. The summed E-state index contributed by atoms with van der Waals surface area (Å²) in [5.41, 5.74) is 7.35. The minimum absolute atomic E-state index is 0.146. The second-order valence-corrected chi connectivity index (χ2v) is 4.55. The van der Waals surface area contributed by atoms with E-state index in [9.17, 15) is 4.79 Å². The lowest BCUT2D eigenvalue weighted by Gasteiger charge is -2.15. The molecule has 16 heavy (non-hydrogen) atoms. The minimum Gasteiger partial charge on any atom is -0.338 e. The Morgan fingerprint density at radius 2 is 2.12 bits per heavy atom. The fourth-order valence-electron chi connectivity index (χ4n) is 2.09. The van der Waals surface area contributed by atoms with Crippen LogP contribution in [0, 0.1) is 5.92 Å². The Morgan fingerprint density at radius 3 is 2.62 bits per heavy atom. The first kappa shape index (κ1) is 11.1. The Bertz CT molecular complexity index is 372. The zero-order valence-electron chi connectivity index (χ0n) is 9.65. The van der Waals surface area contributed by atoms with Crippen molar-refractivity contribution in [2.75, 3.05) is 13.1 Å². The molecule has 1 heterocycles. The van der Waals surface area contributed by atoms with Gasteiger partial charge in [-0.2, -0.15) is 0 Å². The average molecular weight is 218 g/mol. The monoisotopic (exact) mass is 218 g/mol. The van der Waals surface area contributed by atoms with Crippen molar-refractivity contribution in [3.05, 3.63) is 35.4 Å². The zero-order valence-corrected chi connectivity index (χ0v) is 9.65. The van der Waals surface area contributed by atoms with Crippen molar-refractivity contribution in [2.45, 2.75) is 19.9 Å². The molecule has 1 amide bonds. The Morgan fingerprint density at radius 1 is 1.44 bits per heavy atom. The van der Waals surface area contributed by atoms with Gasteiger partial charge in [0.05, 0.1) is 0 Å². The molecule has 1 atom stereocenters. The molecule has 2 rings (SSSR count). The topological polar surface area (TPSA) is 46.3 Å². The normalized spacial score (nSPS) is 20.1. The summed E-state index contributed by atoms with van der Waals surface area (Å²) in [6, 6.07) is 7.58. The SMILES string of the molecule is C[C@@H]1CCN(C(=O)c2ccc(CN)cc2)C1. The van der Waals surface area contributed by atoms with Crippen molar-refractivity contribution in [2.24, 2.45) is 11.7 Å². The Labute approximate surface area is 96.2 Å². The lowest BCUT2D eigenvalue weighted by atomic mass is 10.1. The molecule has 0 aliphatic carbocycles. The number of benzene rings is 1. The molecule has 2 N–H and O–H groups in total. The third kappa shape index (κ3) is 2.25. The summed E-state index contributed by atoms with van der Waals surface area (Å²) in [4.78, 5) is 14.0. The number of carbonyl (C=O) groups excluding carboxylic acids is 1. The molecule has 1 aliphatic heterocycles. The van der Waals surface area contributed by atoms with E-state index in [2.05, 4.69) is 6.92 Å². The van der Waals surface area contributed by atoms with Crippen molar-refractivity contribution in [3.63, 3.8) is 0 Å². The summed E-state index contributed by atoms with van der Waals surface area (Å²) in [6.45, 7) is 4.48. The molecule has 3 nitrogen and oxygen atoms in total. The molecule has 86 valence electrons. The maximum atomic E-state index is 12.1. The van der Waals surface area contributed by atoms with Crippen molar-refractivity contribution < 1.29 is 4.79 Å². The Balaban J connectivity index is 2.08. The van der Waals surface area contributed by atoms with Crippen LogP contribution >= 0.6 is 0 Å². The minimum atomic E-state index is 0.146. The number of hydrogen-bond acceptors (Lipinski definition) is 2. The molecule has 0 bridgehead atoms. The van der Waals surface area contributed by atoms with Gasteiger partial charge in [0, 0.05) is 25.2 Å². The van der Waals surface area contributed by atoms with Gasteiger partial charge in [0.1, 0.15) is 0 Å². The van der Waals surface area contributed by atoms with Gasteiger partial charge in [0.15, 0.2) is 0 Å². The highest BCUT2D eigenvalue weighted by Crippen LogP contribution is 2.18. The molecule has 3 heteroatoms. The van der Waals surface area contributed by atoms with Gasteiger partial charge in [0.25, 0.3) is 5.91 Å². The molecule has 1 aromatic rings. The van der Waals surface area contributed by atoms with Crippen LogP contribution in [0.15, 0.2) is 24.3 Å². The van der Waals surface area contributed by atoms with Crippen molar-refractivity contribution in [1.82, 2.24) is 4.90 Å². The Kier molecular flexibility index (Phi) is 3.25. The fourth-order valence-corrected chi connectivity index (χ4v) is 2.09. The van der Waals surface area contributed by atoms with Gasteiger partial charge in [-0.3, -0.25) is 4.79 Å². The second kappa shape index (κ2) is 4.66. The Hall–Kier alpha value is -1.35. The van der Waals surface area contributed by atoms with Crippen LogP contribution in [0.2, 0.25) is 0 Å². The first-order valence-electron chi connectivity index (χ1n) is 5.79. The molecule has 0 saturated carbocycles. The number of hydrogen-bond donors (Lipinski definition) is 1. The van der Waals surface area contributed by atoms with Crippen molar-refractivity contribution in [3.8, 4) is 0 Å². The van der Waals surface area contributed by atoms with Crippen molar-refractivity contribution in [1.29, 1.82) is 0 Å². The van der Waals surface area contributed by atoms with Crippen molar-refractivity contribution >= 4 is 5.91 Å². The highest BCUT2D eigenvalue weighted by molar-refractivity contribution is 5.94. The molecular weight excluding hydrogens is 200 g/mol. The van der Waals surface area contributed by atoms with Gasteiger partial charge in [-0.15, -0.1) is 0 Å². The van der Waals surface area contributed by atoms with Gasteiger partial charge in [0.2, 0.25) is 0 Å². The quantitative estimate of drug-likeness (QED) is 0.820. The molecule has 0 spiro atoms. The maximum absolute atomic E-state index is 12.1. The summed E-state index contributed by atoms with van der Waals surface area (Å²) in [6.07, 6.45) is 1.12. The standard InChI is InChI=1S/C13H18N2O/c1-10-6-7-15(9-10)13(16)12-4-2-11(8-14)3-5-12/h2-5,10H,6-9,14H2,1H3/t10-/m1/s1. The smallest absolute Gasteiger partial charge is 0.253 e. The third-order valence-electron chi connectivity index (χ3n) is 3.15. The summed E-state index contributed by atoms with van der Waals surface area (Å²) in [5, 5.41) is 0. The molecule has 1 aromatic carbocycles. The van der Waals surface area contributed by atoms with E-state index < -0.39 is 0 Å². The van der Waals surface area contributed by atoms with Crippen LogP contribution in [-0.2, 0) is 6.54 Å². The van der Waals surface area contributed by atoms with Crippen LogP contribution in [0.5, 0.6) is 0 Å². The van der Waals surface area contributed by atoms with E-state index >= 15 is 0 Å². The van der Waals surface area contributed by atoms with Gasteiger partial charge in [-0.25, -0.2) is 0 Å². The third-order valence-corrected chi connectivity index (χ3v) is 3.15. The van der Waals surface area contributed by atoms with Crippen LogP contribution < -0.4 is 5.73 Å². The highest BCUT2D eigenvalue weighted by atomic mass is 16.2. The summed E-state index contributed by atoms with van der Waals surface area (Å²) in [5.74, 6) is 0.778. The largest absolute Gasteiger partial charge is 0.338 e. The summed E-state index contributed by atoms with van der Waals surface area (Å²) >= 11 is 0. The number of amides is 1. The predicted molar refractivity (Wildman–Crippen MR) is 64.0 cm³/mol. The van der Waals surface area contributed by atoms with Crippen LogP contribution in [0.4, 0.5) is 0 Å². The number of carbonyl (C=O) groups is 1. The average Bonchev–Trinajstić information content (AvgIpc) is 2.75. The number of rotatable bonds is 2. The first-order valence-corrected chi connectivity index (χ1v) is 5.79. The molecule has 0 aromatic heterocycles. The zero-order chi connectivity index (χ0) is 11.5. The lowest BCUT2D eigenvalue weighted by Crippen LogP contribution is -2.28. The van der Waals surface area contributed by atoms with E-state index in [0.29, 0.717) is 12.5 Å². The molecule has 1 saturated heterocycles. The first-order chi connectivity index (χ1) is 7.70. The summed E-state index contributed by atoms with van der Waals surface area (Å²) < 4.78 is 0. The lowest BCUT2D eigenvalue weighted by molar-refractivity contribution is 0.0788. The molecular formula is C13H18N2O. The molecule has 0 unspecified atom stereocenters. The number of nitrogens with two attached hydrogens (primary N) is 1. The summed E-state index contributed by atoms with van der Waals surface area (Å²) in [7, 11) is 0. The fraction of sp³-hybridized carbons (Fsp3) is 0.462. The van der Waals surface area contributed by atoms with Gasteiger partial charge >= 0.3 is 0 Å². The van der Waals surface area contributed by atoms with E-state index in [1.807, 2.05) is 29.2 Å². The van der Waals surface area contributed by atoms with Crippen LogP contribution in [-0.4, -0.2) is 23.9 Å². The van der Waals surface area contributed by atoms with E-state index in [1.54, 1.807) is 0 Å². The molecule has 0 radical (unpaired) electrons. The molecule has 1 aliphatic rings. The van der Waals surface area contributed by atoms with Crippen LogP contribution in [0.3, 0.4) is 0 Å². The van der Waals surface area contributed by atoms with Gasteiger partial charge in [-0.1, -0.05) is 19.1 Å². The van der Waals surface area contributed by atoms with E-state index in [4.69, 9.17) is 5.73 Å². The van der Waals surface area contributed by atoms with E-state index in [-0.39, 0.29) is 5.91 Å². The molecule has 1 fully saturated rings. The number of nitrogens with zero attached hydrogens (tertiary/aromatic N) is 1. The van der Waals surface area contributed by atoms with Gasteiger partial charge in [-0.05, 0) is 30.0 Å². The van der Waals surface area contributed by atoms with Gasteiger partial charge < -0.3 is 10.6 Å². The van der Waals surface area contributed by atoms with Crippen LogP contribution in [0.1, 0.15) is 29.3 Å². The van der Waals surface area contributed by atoms with Crippen LogP contribution in [0.25, 0.3) is 0 Å². The predicted octanol–water partition coefficient (Wildman–Crippen LogP) is 1.63. The second-order valence-electron chi connectivity index (χ2n) is 4.55.